The van der Waals surface area contributed by atoms with Crippen LogP contribution in [0.5, 0.6) is 5.75 Å². The molecular weight excluding hydrogens is 494 g/mol. The first-order valence-electron chi connectivity index (χ1n) is 14.2. The van der Waals surface area contributed by atoms with Crippen LogP contribution in [-0.4, -0.2) is 42.6 Å². The van der Waals surface area contributed by atoms with Crippen molar-refractivity contribution >= 4 is 11.7 Å². The van der Waals surface area contributed by atoms with Crippen LogP contribution in [0.3, 0.4) is 0 Å². The highest BCUT2D eigenvalue weighted by Gasteiger charge is 2.24. The van der Waals surface area contributed by atoms with Gasteiger partial charge in [-0.05, 0) is 85.3 Å². The van der Waals surface area contributed by atoms with Crippen molar-refractivity contribution in [3.05, 3.63) is 120 Å². The fourth-order valence-corrected chi connectivity index (χ4v) is 5.34. The SMILES string of the molecule is COc1ccc(CN2CCC(CN(Cc3ccc(-c4ccccc4)cc3)C(=O)Nc3ccc(C)cc3)CC2)cc1. The van der Waals surface area contributed by atoms with Crippen LogP contribution in [0.25, 0.3) is 11.1 Å². The van der Waals surface area contributed by atoms with Gasteiger partial charge in [0.1, 0.15) is 5.75 Å². The number of hydrogen-bond donors (Lipinski definition) is 1. The molecule has 1 aliphatic rings. The van der Waals surface area contributed by atoms with E-state index in [9.17, 15) is 4.79 Å². The van der Waals surface area contributed by atoms with Crippen molar-refractivity contribution in [2.75, 3.05) is 32.1 Å². The number of urea groups is 1. The van der Waals surface area contributed by atoms with Gasteiger partial charge in [-0.3, -0.25) is 4.90 Å². The first kappa shape index (κ1) is 27.5. The number of ether oxygens (including phenoxy) is 1. The number of aryl methyl sites for hydroxylation is 1. The maximum Gasteiger partial charge on any atom is 0.322 e. The van der Waals surface area contributed by atoms with Crippen molar-refractivity contribution in [3.8, 4) is 16.9 Å². The number of piperidine rings is 1. The Balaban J connectivity index is 1.23. The summed E-state index contributed by atoms with van der Waals surface area (Å²) in [6.45, 7) is 6.40. The molecule has 4 aromatic rings. The van der Waals surface area contributed by atoms with Gasteiger partial charge < -0.3 is 15.0 Å². The minimum Gasteiger partial charge on any atom is -0.497 e. The number of rotatable bonds is 9. The molecule has 0 radical (unpaired) electrons. The zero-order valence-corrected chi connectivity index (χ0v) is 23.6. The fraction of sp³-hybridized carbons (Fsp3) is 0.286. The molecule has 1 heterocycles. The molecule has 5 nitrogen and oxygen atoms in total. The molecule has 0 unspecified atom stereocenters. The first-order valence-corrected chi connectivity index (χ1v) is 14.2. The first-order chi connectivity index (χ1) is 19.6. The number of nitrogens with zero attached hydrogens (tertiary/aromatic N) is 2. The van der Waals surface area contributed by atoms with Gasteiger partial charge in [-0.1, -0.05) is 84.4 Å². The summed E-state index contributed by atoms with van der Waals surface area (Å²) in [5.41, 5.74) is 6.82. The molecule has 4 aromatic carbocycles. The predicted octanol–water partition coefficient (Wildman–Crippen LogP) is 7.62. The maximum absolute atomic E-state index is 13.5. The Bertz CT molecular complexity index is 1340. The second-order valence-corrected chi connectivity index (χ2v) is 10.8. The Kier molecular flexibility index (Phi) is 9.15. The highest BCUT2D eigenvalue weighted by atomic mass is 16.5. The average Bonchev–Trinajstić information content (AvgIpc) is 3.00. The minimum atomic E-state index is -0.0448. The van der Waals surface area contributed by atoms with Gasteiger partial charge in [0.25, 0.3) is 0 Å². The Morgan fingerprint density at radius 2 is 1.45 bits per heavy atom. The van der Waals surface area contributed by atoms with Crippen LogP contribution in [-0.2, 0) is 13.1 Å². The molecule has 0 spiro atoms. The van der Waals surface area contributed by atoms with Gasteiger partial charge in [0.15, 0.2) is 0 Å². The van der Waals surface area contributed by atoms with E-state index in [2.05, 4.69) is 77.8 Å². The Labute approximate surface area is 238 Å². The summed E-state index contributed by atoms with van der Waals surface area (Å²) in [4.78, 5) is 18.0. The van der Waals surface area contributed by atoms with Gasteiger partial charge in [0.05, 0.1) is 7.11 Å². The van der Waals surface area contributed by atoms with E-state index in [1.807, 2.05) is 47.4 Å². The summed E-state index contributed by atoms with van der Waals surface area (Å²) in [7, 11) is 1.70. The number of nitrogens with one attached hydrogen (secondary N) is 1. The van der Waals surface area contributed by atoms with Gasteiger partial charge in [-0.2, -0.15) is 0 Å². The van der Waals surface area contributed by atoms with E-state index in [4.69, 9.17) is 4.74 Å². The summed E-state index contributed by atoms with van der Waals surface area (Å²) in [6.07, 6.45) is 2.16. The molecule has 1 N–H and O–H groups in total. The summed E-state index contributed by atoms with van der Waals surface area (Å²) in [5, 5.41) is 3.13. The molecule has 0 aromatic heterocycles. The standard InChI is InChI=1S/C35H39N3O2/c1-27-8-16-33(17-9-27)36-35(39)38(25-29-10-14-32(15-11-29)31-6-4-3-5-7-31)26-30-20-22-37(23-21-30)24-28-12-18-34(40-2)19-13-28/h3-19,30H,20-26H2,1-2H3,(H,36,39). The van der Waals surface area contributed by atoms with E-state index < -0.39 is 0 Å². The van der Waals surface area contributed by atoms with E-state index >= 15 is 0 Å². The Morgan fingerprint density at radius 1 is 0.825 bits per heavy atom. The number of anilines is 1. The lowest BCUT2D eigenvalue weighted by Crippen LogP contribution is -2.42. The molecule has 5 heteroatoms. The summed E-state index contributed by atoms with van der Waals surface area (Å²) in [5.74, 6) is 1.36. The third kappa shape index (κ3) is 7.51. The molecule has 2 amide bonds. The molecule has 0 saturated carbocycles. The van der Waals surface area contributed by atoms with Gasteiger partial charge in [0, 0.05) is 25.3 Å². The van der Waals surface area contributed by atoms with Crippen molar-refractivity contribution < 1.29 is 9.53 Å². The van der Waals surface area contributed by atoms with Crippen molar-refractivity contribution in [1.82, 2.24) is 9.80 Å². The van der Waals surface area contributed by atoms with Gasteiger partial charge in [-0.15, -0.1) is 0 Å². The monoisotopic (exact) mass is 533 g/mol. The van der Waals surface area contributed by atoms with Crippen LogP contribution >= 0.6 is 0 Å². The van der Waals surface area contributed by atoms with Crippen molar-refractivity contribution in [3.63, 3.8) is 0 Å². The smallest absolute Gasteiger partial charge is 0.322 e. The molecule has 1 aliphatic heterocycles. The van der Waals surface area contributed by atoms with Crippen molar-refractivity contribution in [2.24, 2.45) is 5.92 Å². The fourth-order valence-electron chi connectivity index (χ4n) is 5.34. The lowest BCUT2D eigenvalue weighted by Gasteiger charge is -2.35. The zero-order chi connectivity index (χ0) is 27.7. The molecule has 0 aliphatic carbocycles. The van der Waals surface area contributed by atoms with E-state index in [1.165, 1.54) is 22.3 Å². The highest BCUT2D eigenvalue weighted by molar-refractivity contribution is 5.89. The van der Waals surface area contributed by atoms with Crippen molar-refractivity contribution in [1.29, 1.82) is 0 Å². The van der Waals surface area contributed by atoms with Crippen LogP contribution < -0.4 is 10.1 Å². The topological polar surface area (TPSA) is 44.8 Å². The van der Waals surface area contributed by atoms with Crippen molar-refractivity contribution in [2.45, 2.75) is 32.9 Å². The van der Waals surface area contributed by atoms with Gasteiger partial charge >= 0.3 is 6.03 Å². The average molecular weight is 534 g/mol. The Hall–Kier alpha value is -4.09. The van der Waals surface area contributed by atoms with E-state index in [0.29, 0.717) is 12.5 Å². The van der Waals surface area contributed by atoms with Gasteiger partial charge in [-0.25, -0.2) is 4.79 Å². The third-order valence-electron chi connectivity index (χ3n) is 7.78. The van der Waals surface area contributed by atoms with Crippen LogP contribution in [0, 0.1) is 12.8 Å². The second-order valence-electron chi connectivity index (χ2n) is 10.8. The molecule has 40 heavy (non-hydrogen) atoms. The summed E-state index contributed by atoms with van der Waals surface area (Å²) < 4.78 is 5.29. The van der Waals surface area contributed by atoms with E-state index in [-0.39, 0.29) is 6.03 Å². The third-order valence-corrected chi connectivity index (χ3v) is 7.78. The van der Waals surface area contributed by atoms with E-state index in [1.54, 1.807) is 7.11 Å². The molecule has 0 bridgehead atoms. The predicted molar refractivity (Wildman–Crippen MR) is 163 cm³/mol. The second kappa shape index (κ2) is 13.3. The van der Waals surface area contributed by atoms with Crippen LogP contribution in [0.2, 0.25) is 0 Å². The number of likely N-dealkylation sites (tertiary alicyclic amines) is 1. The quantitative estimate of drug-likeness (QED) is 0.241. The maximum atomic E-state index is 13.5. The largest absolute Gasteiger partial charge is 0.497 e. The Morgan fingerprint density at radius 3 is 2.10 bits per heavy atom. The highest BCUT2D eigenvalue weighted by Crippen LogP contribution is 2.24. The number of carbonyl (C=O) groups excluding carboxylic acids is 1. The molecule has 0 atom stereocenters. The molecular formula is C35H39N3O2. The molecule has 206 valence electrons. The molecule has 1 fully saturated rings. The van der Waals surface area contributed by atoms with E-state index in [0.717, 1.165) is 56.0 Å². The summed E-state index contributed by atoms with van der Waals surface area (Å²) in [6, 6.07) is 35.3. The number of amides is 2. The lowest BCUT2D eigenvalue weighted by atomic mass is 9.95. The molecule has 5 rings (SSSR count). The number of hydrogen-bond acceptors (Lipinski definition) is 3. The molecule has 1 saturated heterocycles. The zero-order valence-electron chi connectivity index (χ0n) is 23.6. The number of carbonyl (C=O) groups is 1. The minimum absolute atomic E-state index is 0.0448. The van der Waals surface area contributed by atoms with Crippen LogP contribution in [0.15, 0.2) is 103 Å². The summed E-state index contributed by atoms with van der Waals surface area (Å²) >= 11 is 0. The normalized spacial score (nSPS) is 14.1. The number of benzene rings is 4. The number of methoxy groups -OCH3 is 1. The van der Waals surface area contributed by atoms with Crippen LogP contribution in [0.1, 0.15) is 29.5 Å². The van der Waals surface area contributed by atoms with Crippen LogP contribution in [0.4, 0.5) is 10.5 Å². The van der Waals surface area contributed by atoms with Gasteiger partial charge in [0.2, 0.25) is 0 Å². The lowest BCUT2D eigenvalue weighted by molar-refractivity contribution is 0.144.